The van der Waals surface area contributed by atoms with Crippen molar-refractivity contribution in [1.29, 1.82) is 0 Å². The minimum Gasteiger partial charge on any atom is -0.356 e. The predicted molar refractivity (Wildman–Crippen MR) is 124 cm³/mol. The van der Waals surface area contributed by atoms with E-state index in [2.05, 4.69) is 37.4 Å². The summed E-state index contributed by atoms with van der Waals surface area (Å²) >= 11 is 3.15. The molecule has 0 aliphatic carbocycles. The highest BCUT2D eigenvalue weighted by Crippen LogP contribution is 2.32. The maximum atomic E-state index is 4.81. The molecule has 1 fully saturated rings. The van der Waals surface area contributed by atoms with Gasteiger partial charge in [-0.15, -0.1) is 22.7 Å². The number of rotatable bonds is 4. The van der Waals surface area contributed by atoms with Gasteiger partial charge in [-0.3, -0.25) is 4.99 Å². The van der Waals surface area contributed by atoms with Crippen LogP contribution in [0.15, 0.2) is 21.9 Å². The Balaban J connectivity index is 1.34. The van der Waals surface area contributed by atoms with Gasteiger partial charge < -0.3 is 15.5 Å². The summed E-state index contributed by atoms with van der Waals surface area (Å²) in [7, 11) is 0. The average Bonchev–Trinajstić information content (AvgIpc) is 3.49. The summed E-state index contributed by atoms with van der Waals surface area (Å²) in [5.74, 6) is 1.62. The Morgan fingerprint density at radius 3 is 2.77 bits per heavy atom. The van der Waals surface area contributed by atoms with Crippen LogP contribution in [0.2, 0.25) is 0 Å². The van der Waals surface area contributed by atoms with Crippen molar-refractivity contribution in [2.45, 2.75) is 39.2 Å². The largest absolute Gasteiger partial charge is 0.356 e. The van der Waals surface area contributed by atoms with Crippen LogP contribution in [0.1, 0.15) is 31.9 Å². The van der Waals surface area contributed by atoms with Gasteiger partial charge in [0.05, 0.1) is 11.3 Å². The number of aliphatic imine (C=N–C) groups is 1. The first-order valence-electron chi connectivity index (χ1n) is 10.2. The molecule has 8 nitrogen and oxygen atoms in total. The van der Waals surface area contributed by atoms with Gasteiger partial charge in [0.1, 0.15) is 16.4 Å². The average molecular weight is 441 g/mol. The molecule has 0 spiro atoms. The zero-order valence-corrected chi connectivity index (χ0v) is 18.7. The fourth-order valence-electron chi connectivity index (χ4n) is 3.72. The van der Waals surface area contributed by atoms with Gasteiger partial charge in [0.25, 0.3) is 0 Å². The van der Waals surface area contributed by atoms with Crippen LogP contribution in [0.3, 0.4) is 0 Å². The van der Waals surface area contributed by atoms with E-state index in [1.807, 2.05) is 23.9 Å². The minimum absolute atomic E-state index is 0.504. The fourth-order valence-corrected chi connectivity index (χ4v) is 5.29. The Labute approximate surface area is 183 Å². The molecule has 0 bridgehead atoms. The Kier molecular flexibility index (Phi) is 5.34. The lowest BCUT2D eigenvalue weighted by Gasteiger charge is -2.21. The van der Waals surface area contributed by atoms with Crippen LogP contribution in [0.5, 0.6) is 0 Å². The summed E-state index contributed by atoms with van der Waals surface area (Å²) in [5, 5.41) is 12.3. The van der Waals surface area contributed by atoms with Gasteiger partial charge in [0.2, 0.25) is 5.95 Å². The van der Waals surface area contributed by atoms with Crippen LogP contribution in [-0.4, -0.2) is 51.6 Å². The number of hydrogen-bond acceptors (Lipinski definition) is 10. The molecule has 3 aromatic heterocycles. The summed E-state index contributed by atoms with van der Waals surface area (Å²) in [6, 6.07) is 0.504. The molecule has 0 saturated carbocycles. The molecule has 2 N–H and O–H groups in total. The van der Waals surface area contributed by atoms with E-state index in [0.717, 1.165) is 70.7 Å². The molecule has 0 amide bonds. The zero-order valence-electron chi connectivity index (χ0n) is 17.1. The zero-order chi connectivity index (χ0) is 20.5. The van der Waals surface area contributed by atoms with Crippen molar-refractivity contribution >= 4 is 39.7 Å². The number of aromatic nitrogens is 4. The molecule has 1 saturated heterocycles. The van der Waals surface area contributed by atoms with Crippen molar-refractivity contribution in [3.05, 3.63) is 22.7 Å². The number of guanidine groups is 1. The number of hydrogen-bond donors (Lipinski definition) is 2. The first-order valence-corrected chi connectivity index (χ1v) is 12.0. The van der Waals surface area contributed by atoms with Gasteiger partial charge in [0, 0.05) is 42.6 Å². The summed E-state index contributed by atoms with van der Waals surface area (Å²) in [6.45, 7) is 7.09. The molecule has 5 heterocycles. The van der Waals surface area contributed by atoms with Gasteiger partial charge in [-0.25, -0.2) is 19.9 Å². The monoisotopic (exact) mass is 440 g/mol. The van der Waals surface area contributed by atoms with Gasteiger partial charge in [-0.1, -0.05) is 0 Å². The Bertz CT molecular complexity index is 1070. The van der Waals surface area contributed by atoms with Gasteiger partial charge in [-0.2, -0.15) is 0 Å². The first kappa shape index (κ1) is 19.4. The number of nitrogens with zero attached hydrogens (tertiary/aromatic N) is 6. The second-order valence-corrected chi connectivity index (χ2v) is 9.28. The van der Waals surface area contributed by atoms with Crippen molar-refractivity contribution in [3.63, 3.8) is 0 Å². The van der Waals surface area contributed by atoms with Crippen LogP contribution in [-0.2, 0) is 0 Å². The molecule has 156 valence electrons. The lowest BCUT2D eigenvalue weighted by atomic mass is 10.2. The summed E-state index contributed by atoms with van der Waals surface area (Å²) < 4.78 is 0. The van der Waals surface area contributed by atoms with Crippen molar-refractivity contribution in [3.8, 4) is 22.0 Å². The van der Waals surface area contributed by atoms with Crippen LogP contribution in [0.4, 0.5) is 11.1 Å². The maximum Gasteiger partial charge on any atom is 0.225 e. The highest BCUT2D eigenvalue weighted by molar-refractivity contribution is 7.14. The summed E-state index contributed by atoms with van der Waals surface area (Å²) in [4.78, 5) is 25.6. The SMILES string of the molecule is Cc1nc(N2CCCC2C)ncc1-c1nc(-c2csc(NC3=NCCCN3)n2)cs1. The molecular formula is C20H24N8S2. The predicted octanol–water partition coefficient (Wildman–Crippen LogP) is 3.78. The van der Waals surface area contributed by atoms with E-state index in [0.29, 0.717) is 6.04 Å². The summed E-state index contributed by atoms with van der Waals surface area (Å²) in [6.07, 6.45) is 5.38. The number of nitrogens with one attached hydrogen (secondary N) is 2. The molecule has 2 aliphatic heterocycles. The third-order valence-electron chi connectivity index (χ3n) is 5.40. The molecule has 10 heteroatoms. The normalized spacial score (nSPS) is 18.9. The minimum atomic E-state index is 0.504. The van der Waals surface area contributed by atoms with E-state index in [9.17, 15) is 0 Å². The lowest BCUT2D eigenvalue weighted by molar-refractivity contribution is 0.715. The van der Waals surface area contributed by atoms with Crippen LogP contribution in [0, 0.1) is 6.92 Å². The van der Waals surface area contributed by atoms with E-state index in [-0.39, 0.29) is 0 Å². The molecule has 30 heavy (non-hydrogen) atoms. The van der Waals surface area contributed by atoms with E-state index in [1.165, 1.54) is 12.8 Å². The fraction of sp³-hybridized carbons (Fsp3) is 0.450. The lowest BCUT2D eigenvalue weighted by Crippen LogP contribution is -2.35. The highest BCUT2D eigenvalue weighted by atomic mass is 32.1. The molecule has 3 aromatic rings. The Morgan fingerprint density at radius 1 is 1.13 bits per heavy atom. The third-order valence-corrected chi connectivity index (χ3v) is 7.03. The van der Waals surface area contributed by atoms with E-state index >= 15 is 0 Å². The second kappa shape index (κ2) is 8.27. The molecule has 1 atom stereocenters. The molecule has 5 rings (SSSR count). The molecule has 1 unspecified atom stereocenters. The smallest absolute Gasteiger partial charge is 0.225 e. The van der Waals surface area contributed by atoms with Crippen LogP contribution >= 0.6 is 22.7 Å². The number of thiazole rings is 2. The van der Waals surface area contributed by atoms with Gasteiger partial charge in [-0.05, 0) is 33.1 Å². The van der Waals surface area contributed by atoms with E-state index < -0.39 is 0 Å². The van der Waals surface area contributed by atoms with E-state index in [1.54, 1.807) is 22.7 Å². The third kappa shape index (κ3) is 3.89. The highest BCUT2D eigenvalue weighted by Gasteiger charge is 2.23. The molecule has 0 aromatic carbocycles. The van der Waals surface area contributed by atoms with Crippen molar-refractivity contribution in [1.82, 2.24) is 25.3 Å². The molecule has 2 aliphatic rings. The van der Waals surface area contributed by atoms with Gasteiger partial charge >= 0.3 is 0 Å². The van der Waals surface area contributed by atoms with Crippen molar-refractivity contribution < 1.29 is 0 Å². The van der Waals surface area contributed by atoms with Crippen LogP contribution in [0.25, 0.3) is 22.0 Å². The number of anilines is 2. The van der Waals surface area contributed by atoms with Crippen molar-refractivity contribution in [2.75, 3.05) is 29.9 Å². The summed E-state index contributed by atoms with van der Waals surface area (Å²) in [5.41, 5.74) is 3.68. The number of aryl methyl sites for hydroxylation is 1. The molecular weight excluding hydrogens is 416 g/mol. The Hall–Kier alpha value is -2.59. The topological polar surface area (TPSA) is 91.2 Å². The maximum absolute atomic E-state index is 4.81. The quantitative estimate of drug-likeness (QED) is 0.638. The van der Waals surface area contributed by atoms with Crippen LogP contribution < -0.4 is 15.5 Å². The van der Waals surface area contributed by atoms with Gasteiger partial charge in [0.15, 0.2) is 11.1 Å². The van der Waals surface area contributed by atoms with E-state index in [4.69, 9.17) is 9.97 Å². The first-order chi connectivity index (χ1) is 14.7. The standard InChI is InChI=1S/C20H24N8S2/c1-12-5-3-8-28(12)19-23-9-14(13(2)24-19)17-25-15(10-29-17)16-11-30-20(26-16)27-18-21-6-4-7-22-18/h9-12H,3-8H2,1-2H3,(H2,21,22,26,27). The molecule has 0 radical (unpaired) electrons. The van der Waals surface area contributed by atoms with Crippen molar-refractivity contribution in [2.24, 2.45) is 4.99 Å². The Morgan fingerprint density at radius 2 is 2.00 bits per heavy atom. The second-order valence-electron chi connectivity index (χ2n) is 7.57.